The topological polar surface area (TPSA) is 0 Å². The van der Waals surface area contributed by atoms with E-state index in [9.17, 15) is 0 Å². The molecule has 0 heteroatoms. The van der Waals surface area contributed by atoms with Crippen molar-refractivity contribution in [3.8, 4) is 33.4 Å². The van der Waals surface area contributed by atoms with Crippen LogP contribution in [0.4, 0.5) is 0 Å². The van der Waals surface area contributed by atoms with Gasteiger partial charge in [-0.3, -0.25) is 0 Å². The van der Waals surface area contributed by atoms with Gasteiger partial charge in [-0.1, -0.05) is 127 Å². The van der Waals surface area contributed by atoms with E-state index in [1.54, 1.807) is 0 Å². The first-order valence-electron chi connectivity index (χ1n) is 10.8. The van der Waals surface area contributed by atoms with Crippen LogP contribution in [0.2, 0.25) is 0 Å². The molecule has 148 valence electrons. The van der Waals surface area contributed by atoms with Crippen molar-refractivity contribution in [2.75, 3.05) is 0 Å². The minimum atomic E-state index is 1.10. The summed E-state index contributed by atoms with van der Waals surface area (Å²) in [5, 5.41) is 0. The largest absolute Gasteiger partial charge is 0.0622 e. The van der Waals surface area contributed by atoms with Gasteiger partial charge >= 0.3 is 0 Å². The predicted octanol–water partition coefficient (Wildman–Crippen LogP) is 8.28. The molecule has 0 saturated carbocycles. The molecule has 5 aromatic carbocycles. The van der Waals surface area contributed by atoms with Crippen molar-refractivity contribution in [2.24, 2.45) is 0 Å². The Balaban J connectivity index is 0.000000138. The summed E-state index contributed by atoms with van der Waals surface area (Å²) in [6, 6.07) is 46.9. The first-order chi connectivity index (χ1) is 15.4. The highest BCUT2D eigenvalue weighted by Gasteiger charge is 2.15. The molecule has 0 aromatic heterocycles. The van der Waals surface area contributed by atoms with Gasteiger partial charge in [-0.05, 0) is 57.0 Å². The molecule has 0 unspecified atom stereocenters. The maximum Gasteiger partial charge on any atom is -0.00135 e. The molecule has 0 N–H and O–H groups in total. The lowest BCUT2D eigenvalue weighted by Gasteiger charge is -2.05. The van der Waals surface area contributed by atoms with E-state index < -0.39 is 0 Å². The van der Waals surface area contributed by atoms with Crippen LogP contribution >= 0.6 is 0 Å². The van der Waals surface area contributed by atoms with E-state index >= 15 is 0 Å². The van der Waals surface area contributed by atoms with Gasteiger partial charge in [0.1, 0.15) is 0 Å². The third-order valence-corrected chi connectivity index (χ3v) is 5.78. The Morgan fingerprint density at radius 2 is 0.710 bits per heavy atom. The Labute approximate surface area is 184 Å². The summed E-state index contributed by atoms with van der Waals surface area (Å²) in [6.07, 6.45) is 1.10. The molecule has 0 bridgehead atoms. The number of fused-ring (bicyclic) bond motifs is 3. The van der Waals surface area contributed by atoms with Gasteiger partial charge in [0, 0.05) is 0 Å². The average molecular weight is 397 g/mol. The molecule has 0 fully saturated rings. The minimum absolute atomic E-state index is 1.10. The second-order valence-electron chi connectivity index (χ2n) is 7.80. The van der Waals surface area contributed by atoms with E-state index in [2.05, 4.69) is 121 Å². The highest BCUT2D eigenvalue weighted by Crippen LogP contribution is 2.35. The third-order valence-electron chi connectivity index (χ3n) is 5.78. The van der Waals surface area contributed by atoms with Crippen molar-refractivity contribution in [3.63, 3.8) is 0 Å². The van der Waals surface area contributed by atoms with Crippen LogP contribution in [0.1, 0.15) is 11.1 Å². The lowest BCUT2D eigenvalue weighted by Crippen LogP contribution is -1.80. The fourth-order valence-electron chi connectivity index (χ4n) is 4.22. The van der Waals surface area contributed by atoms with Gasteiger partial charge < -0.3 is 0 Å². The predicted molar refractivity (Wildman–Crippen MR) is 132 cm³/mol. The minimum Gasteiger partial charge on any atom is -0.0622 e. The van der Waals surface area contributed by atoms with Gasteiger partial charge in [0.25, 0.3) is 0 Å². The number of hydrogen-bond donors (Lipinski definition) is 0. The third kappa shape index (κ3) is 4.20. The summed E-state index contributed by atoms with van der Waals surface area (Å²) in [6.45, 7) is 0. The summed E-state index contributed by atoms with van der Waals surface area (Å²) < 4.78 is 0. The first kappa shape index (κ1) is 19.1. The number of rotatable bonds is 2. The Kier molecular flexibility index (Phi) is 5.45. The van der Waals surface area contributed by atoms with Gasteiger partial charge in [-0.25, -0.2) is 0 Å². The van der Waals surface area contributed by atoms with E-state index in [0.29, 0.717) is 0 Å². The summed E-state index contributed by atoms with van der Waals surface area (Å²) in [5.74, 6) is 0. The van der Waals surface area contributed by atoms with Crippen molar-refractivity contribution >= 4 is 0 Å². The molecule has 31 heavy (non-hydrogen) atoms. The van der Waals surface area contributed by atoms with E-state index in [4.69, 9.17) is 0 Å². The van der Waals surface area contributed by atoms with E-state index in [0.717, 1.165) is 6.42 Å². The summed E-state index contributed by atoms with van der Waals surface area (Å²) in [4.78, 5) is 0. The molecular weight excluding hydrogens is 372 g/mol. The van der Waals surface area contributed by atoms with E-state index in [1.807, 2.05) is 12.1 Å². The molecule has 0 heterocycles. The number of benzene rings is 5. The lowest BCUT2D eigenvalue weighted by molar-refractivity contribution is 1.26. The van der Waals surface area contributed by atoms with Crippen molar-refractivity contribution < 1.29 is 0 Å². The van der Waals surface area contributed by atoms with E-state index in [1.165, 1.54) is 44.5 Å². The van der Waals surface area contributed by atoms with Crippen LogP contribution in [0.25, 0.3) is 33.4 Å². The Bertz CT molecular complexity index is 1190. The van der Waals surface area contributed by atoms with Gasteiger partial charge in [-0.15, -0.1) is 0 Å². The second-order valence-corrected chi connectivity index (χ2v) is 7.80. The zero-order valence-corrected chi connectivity index (χ0v) is 17.4. The molecule has 0 saturated heterocycles. The normalized spacial score (nSPS) is 11.1. The van der Waals surface area contributed by atoms with E-state index in [-0.39, 0.29) is 0 Å². The summed E-state index contributed by atoms with van der Waals surface area (Å²) >= 11 is 0. The maximum absolute atomic E-state index is 2.24. The molecule has 0 nitrogen and oxygen atoms in total. The molecule has 1 aliphatic carbocycles. The Hall–Kier alpha value is -3.90. The van der Waals surface area contributed by atoms with Crippen molar-refractivity contribution in [1.82, 2.24) is 0 Å². The van der Waals surface area contributed by atoms with Crippen LogP contribution in [-0.4, -0.2) is 0 Å². The fourth-order valence-corrected chi connectivity index (χ4v) is 4.22. The molecule has 0 spiro atoms. The Morgan fingerprint density at radius 1 is 0.323 bits per heavy atom. The highest BCUT2D eigenvalue weighted by molar-refractivity contribution is 5.76. The van der Waals surface area contributed by atoms with Gasteiger partial charge in [0.05, 0.1) is 0 Å². The zero-order chi connectivity index (χ0) is 20.9. The average Bonchev–Trinajstić information content (AvgIpc) is 3.24. The molecule has 0 radical (unpaired) electrons. The molecule has 5 aromatic rings. The fraction of sp³-hybridized carbons (Fsp3) is 0.0323. The van der Waals surface area contributed by atoms with Crippen LogP contribution in [0, 0.1) is 0 Å². The Morgan fingerprint density at radius 3 is 1.19 bits per heavy atom. The standard InChI is InChI=1S/C18H14.C13H10/c1-3-8-15(9-4-1)17-12-7-13-18(14-17)16-10-5-2-6-11-16;1-3-7-12-10(5-1)9-11-6-2-4-8-13(11)12/h1-14H;1-8H,9H2. The number of hydrogen-bond acceptors (Lipinski definition) is 0. The van der Waals surface area contributed by atoms with Gasteiger partial charge in [0.15, 0.2) is 0 Å². The molecule has 0 amide bonds. The summed E-state index contributed by atoms with van der Waals surface area (Å²) in [7, 11) is 0. The van der Waals surface area contributed by atoms with Crippen molar-refractivity contribution in [2.45, 2.75) is 6.42 Å². The van der Waals surface area contributed by atoms with Crippen LogP contribution in [0.3, 0.4) is 0 Å². The van der Waals surface area contributed by atoms with Crippen LogP contribution in [-0.2, 0) is 6.42 Å². The van der Waals surface area contributed by atoms with Crippen LogP contribution in [0.15, 0.2) is 133 Å². The molecule has 0 atom stereocenters. The smallest absolute Gasteiger partial charge is 0.00135 e. The lowest BCUT2D eigenvalue weighted by atomic mass is 9.99. The zero-order valence-electron chi connectivity index (χ0n) is 17.4. The van der Waals surface area contributed by atoms with Crippen LogP contribution < -0.4 is 0 Å². The molecule has 6 rings (SSSR count). The quantitative estimate of drug-likeness (QED) is 0.276. The molecule has 1 aliphatic rings. The van der Waals surface area contributed by atoms with Crippen molar-refractivity contribution in [3.05, 3.63) is 145 Å². The first-order valence-corrected chi connectivity index (χ1v) is 10.8. The SMILES string of the molecule is c1ccc(-c2cccc(-c3ccccc3)c2)cc1.c1ccc2c(c1)Cc1ccccc1-2. The highest BCUT2D eigenvalue weighted by atomic mass is 14.2. The molecule has 0 aliphatic heterocycles. The second kappa shape index (κ2) is 8.85. The van der Waals surface area contributed by atoms with Crippen LogP contribution in [0.5, 0.6) is 0 Å². The summed E-state index contributed by atoms with van der Waals surface area (Å²) in [5.41, 5.74) is 10.8. The van der Waals surface area contributed by atoms with Gasteiger partial charge in [0.2, 0.25) is 0 Å². The maximum atomic E-state index is 2.24. The monoisotopic (exact) mass is 396 g/mol. The van der Waals surface area contributed by atoms with Crippen molar-refractivity contribution in [1.29, 1.82) is 0 Å². The molecular formula is C31H24. The van der Waals surface area contributed by atoms with Gasteiger partial charge in [-0.2, -0.15) is 0 Å².